The summed E-state index contributed by atoms with van der Waals surface area (Å²) < 4.78 is 0. The lowest BCUT2D eigenvalue weighted by atomic mass is 10.2. The van der Waals surface area contributed by atoms with Gasteiger partial charge >= 0.3 is 18.0 Å². The van der Waals surface area contributed by atoms with Crippen LogP contribution < -0.4 is 10.6 Å². The fourth-order valence-electron chi connectivity index (χ4n) is 2.12. The van der Waals surface area contributed by atoms with Gasteiger partial charge in [-0.25, -0.2) is 9.59 Å². The minimum Gasteiger partial charge on any atom is -0.481 e. The van der Waals surface area contributed by atoms with Crippen LogP contribution in [0.15, 0.2) is 0 Å². The number of thioether (sulfide) groups is 1. The largest absolute Gasteiger partial charge is 0.481 e. The fraction of sp³-hybridized carbons (Fsp3) is 0.727. The van der Waals surface area contributed by atoms with Crippen LogP contribution in [0, 0.1) is 0 Å². The normalized spacial score (nSPS) is 23.6. The van der Waals surface area contributed by atoms with Crippen molar-refractivity contribution in [1.29, 1.82) is 0 Å². The lowest BCUT2D eigenvalue weighted by molar-refractivity contribution is -0.145. The van der Waals surface area contributed by atoms with Crippen molar-refractivity contribution in [1.82, 2.24) is 10.6 Å². The zero-order valence-electron chi connectivity index (χ0n) is 10.6. The molecule has 3 unspecified atom stereocenters. The Labute approximate surface area is 115 Å². The molecule has 1 saturated carbocycles. The van der Waals surface area contributed by atoms with Gasteiger partial charge in [0.15, 0.2) is 0 Å². The van der Waals surface area contributed by atoms with Gasteiger partial charge in [0, 0.05) is 11.3 Å². The van der Waals surface area contributed by atoms with Crippen LogP contribution in [-0.2, 0) is 9.59 Å². The van der Waals surface area contributed by atoms with Gasteiger partial charge in [-0.1, -0.05) is 6.42 Å². The zero-order valence-corrected chi connectivity index (χ0v) is 11.4. The Morgan fingerprint density at radius 1 is 1.32 bits per heavy atom. The molecule has 2 amide bonds. The number of urea groups is 1. The van der Waals surface area contributed by atoms with Gasteiger partial charge in [0.2, 0.25) is 0 Å². The average molecular weight is 290 g/mol. The zero-order chi connectivity index (χ0) is 14.4. The molecule has 0 aromatic heterocycles. The number of carbonyl (C=O) groups is 3. The molecule has 7 nitrogen and oxygen atoms in total. The molecule has 0 heterocycles. The molecule has 0 spiro atoms. The molecule has 19 heavy (non-hydrogen) atoms. The Morgan fingerprint density at radius 3 is 2.53 bits per heavy atom. The predicted octanol–water partition coefficient (Wildman–Crippen LogP) is 0.498. The Bertz CT molecular complexity index is 363. The van der Waals surface area contributed by atoms with Gasteiger partial charge in [-0.2, -0.15) is 11.8 Å². The maximum Gasteiger partial charge on any atom is 0.326 e. The van der Waals surface area contributed by atoms with E-state index in [4.69, 9.17) is 10.2 Å². The highest BCUT2D eigenvalue weighted by atomic mass is 32.2. The lowest BCUT2D eigenvalue weighted by Crippen LogP contribution is -2.50. The van der Waals surface area contributed by atoms with E-state index in [9.17, 15) is 14.4 Å². The van der Waals surface area contributed by atoms with Gasteiger partial charge in [-0.05, 0) is 19.1 Å². The van der Waals surface area contributed by atoms with Crippen molar-refractivity contribution in [3.05, 3.63) is 0 Å². The third kappa shape index (κ3) is 4.98. The quantitative estimate of drug-likeness (QED) is 0.566. The summed E-state index contributed by atoms with van der Waals surface area (Å²) in [5.74, 6) is -2.62. The highest BCUT2D eigenvalue weighted by Crippen LogP contribution is 2.28. The predicted molar refractivity (Wildman–Crippen MR) is 70.3 cm³/mol. The van der Waals surface area contributed by atoms with E-state index in [1.807, 2.05) is 6.26 Å². The van der Waals surface area contributed by atoms with Crippen molar-refractivity contribution >= 4 is 29.7 Å². The van der Waals surface area contributed by atoms with Crippen molar-refractivity contribution in [3.8, 4) is 0 Å². The molecule has 0 radical (unpaired) electrons. The second kappa shape index (κ2) is 7.22. The van der Waals surface area contributed by atoms with E-state index in [-0.39, 0.29) is 6.04 Å². The van der Waals surface area contributed by atoms with Crippen LogP contribution in [0.1, 0.15) is 25.7 Å². The maximum atomic E-state index is 11.7. The van der Waals surface area contributed by atoms with E-state index in [1.165, 1.54) is 0 Å². The Morgan fingerprint density at radius 2 is 2.00 bits per heavy atom. The summed E-state index contributed by atoms with van der Waals surface area (Å²) in [5, 5.41) is 22.6. The summed E-state index contributed by atoms with van der Waals surface area (Å²) in [6.07, 6.45) is 4.22. The first kappa shape index (κ1) is 15.6. The van der Waals surface area contributed by atoms with Gasteiger partial charge in [0.05, 0.1) is 6.42 Å². The number of carboxylic acids is 2. The molecule has 4 N–H and O–H groups in total. The minimum atomic E-state index is -1.41. The van der Waals surface area contributed by atoms with Crippen LogP contribution in [0.5, 0.6) is 0 Å². The molecule has 0 saturated heterocycles. The summed E-state index contributed by atoms with van der Waals surface area (Å²) in [7, 11) is 0. The van der Waals surface area contributed by atoms with E-state index in [1.54, 1.807) is 11.8 Å². The molecule has 1 fully saturated rings. The fourth-order valence-corrected chi connectivity index (χ4v) is 3.05. The van der Waals surface area contributed by atoms with E-state index < -0.39 is 30.4 Å². The SMILES string of the molecule is CSC1CCCC1NC(=O)NC(CC(=O)O)C(=O)O. The molecule has 1 aliphatic carbocycles. The molecule has 0 bridgehead atoms. The first-order valence-electron chi connectivity index (χ1n) is 5.98. The number of rotatable bonds is 6. The highest BCUT2D eigenvalue weighted by molar-refractivity contribution is 7.99. The molecule has 1 aliphatic rings. The van der Waals surface area contributed by atoms with Crippen LogP contribution in [0.2, 0.25) is 0 Å². The molecule has 1 rings (SSSR count). The van der Waals surface area contributed by atoms with Gasteiger partial charge < -0.3 is 20.8 Å². The summed E-state index contributed by atoms with van der Waals surface area (Å²) in [4.78, 5) is 33.0. The molecule has 0 aliphatic heterocycles. The van der Waals surface area contributed by atoms with E-state index in [2.05, 4.69) is 10.6 Å². The van der Waals surface area contributed by atoms with Crippen LogP contribution >= 0.6 is 11.8 Å². The van der Waals surface area contributed by atoms with Crippen LogP contribution in [0.25, 0.3) is 0 Å². The van der Waals surface area contributed by atoms with Gasteiger partial charge in [-0.3, -0.25) is 4.79 Å². The van der Waals surface area contributed by atoms with Crippen molar-refractivity contribution in [2.24, 2.45) is 0 Å². The number of carboxylic acid groups (broad SMARTS) is 2. The molecule has 108 valence electrons. The number of hydrogen-bond acceptors (Lipinski definition) is 4. The topological polar surface area (TPSA) is 116 Å². The number of amides is 2. The Hall–Kier alpha value is -1.44. The number of carbonyl (C=O) groups excluding carboxylic acids is 1. The summed E-state index contributed by atoms with van der Waals surface area (Å²) in [6.45, 7) is 0. The molecular weight excluding hydrogens is 272 g/mol. The number of hydrogen-bond donors (Lipinski definition) is 4. The van der Waals surface area contributed by atoms with Gasteiger partial charge in [0.1, 0.15) is 6.04 Å². The third-order valence-corrected chi connectivity index (χ3v) is 4.22. The summed E-state index contributed by atoms with van der Waals surface area (Å²) in [6, 6.07) is -2.03. The third-order valence-electron chi connectivity index (χ3n) is 3.05. The van der Waals surface area contributed by atoms with Crippen LogP contribution in [-0.4, -0.2) is 51.8 Å². The van der Waals surface area contributed by atoms with Gasteiger partial charge in [0.25, 0.3) is 0 Å². The smallest absolute Gasteiger partial charge is 0.326 e. The first-order chi connectivity index (χ1) is 8.93. The van der Waals surface area contributed by atoms with Crippen LogP contribution in [0.4, 0.5) is 4.79 Å². The minimum absolute atomic E-state index is 0.00859. The number of aliphatic carboxylic acids is 2. The van der Waals surface area contributed by atoms with Gasteiger partial charge in [-0.15, -0.1) is 0 Å². The monoisotopic (exact) mass is 290 g/mol. The maximum absolute atomic E-state index is 11.7. The van der Waals surface area contributed by atoms with E-state index in [0.29, 0.717) is 5.25 Å². The van der Waals surface area contributed by atoms with Crippen molar-refractivity contribution < 1.29 is 24.6 Å². The lowest BCUT2D eigenvalue weighted by Gasteiger charge is -2.21. The van der Waals surface area contributed by atoms with Crippen molar-refractivity contribution in [2.45, 2.75) is 43.0 Å². The van der Waals surface area contributed by atoms with Crippen molar-refractivity contribution in [3.63, 3.8) is 0 Å². The van der Waals surface area contributed by atoms with E-state index >= 15 is 0 Å². The second-order valence-corrected chi connectivity index (χ2v) is 5.49. The summed E-state index contributed by atoms with van der Waals surface area (Å²) >= 11 is 1.67. The van der Waals surface area contributed by atoms with E-state index in [0.717, 1.165) is 19.3 Å². The van der Waals surface area contributed by atoms with Crippen molar-refractivity contribution in [2.75, 3.05) is 6.26 Å². The Kier molecular flexibility index (Phi) is 5.94. The molecular formula is C11H18N2O5S. The second-order valence-electron chi connectivity index (χ2n) is 4.42. The molecule has 3 atom stereocenters. The average Bonchev–Trinajstić information content (AvgIpc) is 2.74. The summed E-state index contributed by atoms with van der Waals surface area (Å²) in [5.41, 5.74) is 0. The number of nitrogens with one attached hydrogen (secondary N) is 2. The highest BCUT2D eigenvalue weighted by Gasteiger charge is 2.29. The Balaban J connectivity index is 2.48. The first-order valence-corrected chi connectivity index (χ1v) is 7.27. The molecule has 8 heteroatoms. The van der Waals surface area contributed by atoms with Crippen LogP contribution in [0.3, 0.4) is 0 Å². The standard InChI is InChI=1S/C11H18N2O5S/c1-19-8-4-2-3-6(8)12-11(18)13-7(10(16)17)5-9(14)15/h6-8H,2-5H2,1H3,(H,14,15)(H,16,17)(H2,12,13,18). The molecule has 0 aromatic carbocycles. The molecule has 0 aromatic rings.